The number of phenolic OH excluding ortho intramolecular Hbond substituents is 1. The van der Waals surface area contributed by atoms with Gasteiger partial charge in [0.15, 0.2) is 0 Å². The molecule has 114 valence electrons. The number of hydrogen-bond donors (Lipinski definition) is 4. The summed E-state index contributed by atoms with van der Waals surface area (Å²) in [7, 11) is 0. The van der Waals surface area contributed by atoms with E-state index < -0.39 is 18.0 Å². The van der Waals surface area contributed by atoms with Crippen LogP contribution < -0.4 is 10.6 Å². The molecule has 1 rings (SSSR count). The van der Waals surface area contributed by atoms with Gasteiger partial charge in [-0.1, -0.05) is 0 Å². The third kappa shape index (κ3) is 5.39. The summed E-state index contributed by atoms with van der Waals surface area (Å²) < 4.78 is 4.69. The molecular formula is C13H16N2O6. The van der Waals surface area contributed by atoms with Crippen molar-refractivity contribution in [1.82, 2.24) is 5.32 Å². The highest BCUT2D eigenvalue weighted by atomic mass is 16.5. The number of carboxylic acid groups (broad SMARTS) is 1. The molecule has 0 radical (unpaired) electrons. The van der Waals surface area contributed by atoms with Crippen molar-refractivity contribution in [3.63, 3.8) is 0 Å². The standard InChI is InChI=1S/C13H16N2O6/c1-2-21-11(17)5-6-14-13(20)15-10-4-3-8(16)7-9(10)12(18)19/h3-4,7,16H,2,5-6H2,1H3,(H,18,19)(H2,14,15,20). The Kier molecular flexibility index (Phi) is 5.99. The van der Waals surface area contributed by atoms with Crippen LogP contribution in [0.4, 0.5) is 10.5 Å². The van der Waals surface area contributed by atoms with E-state index in [1.165, 1.54) is 12.1 Å². The molecule has 8 heteroatoms. The lowest BCUT2D eigenvalue weighted by Crippen LogP contribution is -2.31. The van der Waals surface area contributed by atoms with Gasteiger partial charge in [0.05, 0.1) is 24.3 Å². The van der Waals surface area contributed by atoms with Crippen molar-refractivity contribution in [1.29, 1.82) is 0 Å². The molecule has 4 N–H and O–H groups in total. The Balaban J connectivity index is 2.55. The summed E-state index contributed by atoms with van der Waals surface area (Å²) in [6.07, 6.45) is 0.0165. The number of ether oxygens (including phenoxy) is 1. The molecule has 21 heavy (non-hydrogen) atoms. The third-order valence-electron chi connectivity index (χ3n) is 2.40. The SMILES string of the molecule is CCOC(=O)CCNC(=O)Nc1ccc(O)cc1C(=O)O. The number of esters is 1. The van der Waals surface area contributed by atoms with Gasteiger partial charge in [-0.05, 0) is 25.1 Å². The maximum absolute atomic E-state index is 11.6. The van der Waals surface area contributed by atoms with Gasteiger partial charge in [-0.3, -0.25) is 4.79 Å². The summed E-state index contributed by atoms with van der Waals surface area (Å²) in [5.41, 5.74) is -0.204. The van der Waals surface area contributed by atoms with Gasteiger partial charge < -0.3 is 25.6 Å². The first kappa shape index (κ1) is 16.3. The summed E-state index contributed by atoms with van der Waals surface area (Å²) in [5, 5.41) is 22.9. The molecule has 0 atom stereocenters. The second-order valence-corrected chi connectivity index (χ2v) is 3.97. The van der Waals surface area contributed by atoms with Crippen LogP contribution in [0.25, 0.3) is 0 Å². The van der Waals surface area contributed by atoms with Crippen LogP contribution in [-0.4, -0.2) is 41.3 Å². The summed E-state index contributed by atoms with van der Waals surface area (Å²) in [4.78, 5) is 33.6. The van der Waals surface area contributed by atoms with E-state index in [1.54, 1.807) is 6.92 Å². The van der Waals surface area contributed by atoms with Gasteiger partial charge in [-0.2, -0.15) is 0 Å². The summed E-state index contributed by atoms with van der Waals surface area (Å²) in [6.45, 7) is 2.00. The normalized spacial score (nSPS) is 9.76. The quantitative estimate of drug-likeness (QED) is 0.461. The van der Waals surface area contributed by atoms with Crippen LogP contribution in [0.5, 0.6) is 5.75 Å². The van der Waals surface area contributed by atoms with Crippen molar-refractivity contribution in [3.8, 4) is 5.75 Å². The van der Waals surface area contributed by atoms with Gasteiger partial charge in [-0.15, -0.1) is 0 Å². The van der Waals surface area contributed by atoms with Gasteiger partial charge in [-0.25, -0.2) is 9.59 Å². The van der Waals surface area contributed by atoms with Gasteiger partial charge >= 0.3 is 18.0 Å². The number of anilines is 1. The fraction of sp³-hybridized carbons (Fsp3) is 0.308. The lowest BCUT2D eigenvalue weighted by molar-refractivity contribution is -0.142. The molecule has 0 fully saturated rings. The molecule has 0 heterocycles. The first-order valence-corrected chi connectivity index (χ1v) is 6.20. The number of amides is 2. The van der Waals surface area contributed by atoms with Crippen LogP contribution in [0.15, 0.2) is 18.2 Å². The number of urea groups is 1. The maximum atomic E-state index is 11.6. The van der Waals surface area contributed by atoms with E-state index in [0.717, 1.165) is 6.07 Å². The molecule has 0 aromatic heterocycles. The Morgan fingerprint density at radius 3 is 2.62 bits per heavy atom. The van der Waals surface area contributed by atoms with E-state index in [0.29, 0.717) is 0 Å². The molecular weight excluding hydrogens is 280 g/mol. The van der Waals surface area contributed by atoms with Crippen molar-refractivity contribution in [3.05, 3.63) is 23.8 Å². The van der Waals surface area contributed by atoms with E-state index in [4.69, 9.17) is 5.11 Å². The van der Waals surface area contributed by atoms with Crippen molar-refractivity contribution >= 4 is 23.7 Å². The van der Waals surface area contributed by atoms with Crippen LogP contribution in [0.3, 0.4) is 0 Å². The molecule has 1 aromatic rings. The Bertz CT molecular complexity index is 543. The molecule has 1 aromatic carbocycles. The number of carbonyl (C=O) groups excluding carboxylic acids is 2. The van der Waals surface area contributed by atoms with E-state index in [1.807, 2.05) is 0 Å². The lowest BCUT2D eigenvalue weighted by atomic mass is 10.1. The highest BCUT2D eigenvalue weighted by Crippen LogP contribution is 2.21. The minimum atomic E-state index is -1.28. The Labute approximate surface area is 120 Å². The number of carbonyl (C=O) groups is 3. The summed E-state index contributed by atoms with van der Waals surface area (Å²) in [6, 6.07) is 2.88. The molecule has 0 aliphatic carbocycles. The zero-order valence-electron chi connectivity index (χ0n) is 11.4. The molecule has 0 spiro atoms. The Hall–Kier alpha value is -2.77. The second-order valence-electron chi connectivity index (χ2n) is 3.97. The van der Waals surface area contributed by atoms with Gasteiger partial charge in [0.1, 0.15) is 5.75 Å². The molecule has 0 bridgehead atoms. The topological polar surface area (TPSA) is 125 Å². The van der Waals surface area contributed by atoms with Crippen molar-refractivity contribution in [2.75, 3.05) is 18.5 Å². The fourth-order valence-corrected chi connectivity index (χ4v) is 1.50. The predicted molar refractivity (Wildman–Crippen MR) is 73.3 cm³/mol. The molecule has 0 saturated carbocycles. The number of aromatic hydroxyl groups is 1. The third-order valence-corrected chi connectivity index (χ3v) is 2.40. The Morgan fingerprint density at radius 1 is 1.29 bits per heavy atom. The molecule has 0 unspecified atom stereocenters. The first-order chi connectivity index (χ1) is 9.93. The number of aromatic carboxylic acids is 1. The summed E-state index contributed by atoms with van der Waals surface area (Å²) >= 11 is 0. The number of carboxylic acids is 1. The van der Waals surface area contributed by atoms with Gasteiger partial charge in [0, 0.05) is 6.54 Å². The van der Waals surface area contributed by atoms with Crippen LogP contribution in [0.2, 0.25) is 0 Å². The van der Waals surface area contributed by atoms with E-state index in [2.05, 4.69) is 15.4 Å². The molecule has 0 aliphatic heterocycles. The van der Waals surface area contributed by atoms with Crippen LogP contribution in [0.1, 0.15) is 23.7 Å². The van der Waals surface area contributed by atoms with Crippen LogP contribution in [-0.2, 0) is 9.53 Å². The average molecular weight is 296 g/mol. The summed E-state index contributed by atoms with van der Waals surface area (Å²) in [5.74, 6) is -1.94. The predicted octanol–water partition coefficient (Wildman–Crippen LogP) is 1.17. The molecule has 8 nitrogen and oxygen atoms in total. The lowest BCUT2D eigenvalue weighted by Gasteiger charge is -2.10. The Morgan fingerprint density at radius 2 is 2.00 bits per heavy atom. The first-order valence-electron chi connectivity index (χ1n) is 6.20. The highest BCUT2D eigenvalue weighted by molar-refractivity contribution is 6.00. The monoisotopic (exact) mass is 296 g/mol. The maximum Gasteiger partial charge on any atom is 0.337 e. The largest absolute Gasteiger partial charge is 0.508 e. The van der Waals surface area contributed by atoms with Crippen LogP contribution in [0, 0.1) is 0 Å². The molecule has 2 amide bonds. The number of phenols is 1. The van der Waals surface area contributed by atoms with Gasteiger partial charge in [0.25, 0.3) is 0 Å². The number of benzene rings is 1. The minimum Gasteiger partial charge on any atom is -0.508 e. The second kappa shape index (κ2) is 7.73. The minimum absolute atomic E-state index is 0.0165. The van der Waals surface area contributed by atoms with E-state index in [9.17, 15) is 19.5 Å². The van der Waals surface area contributed by atoms with E-state index in [-0.39, 0.29) is 36.6 Å². The zero-order valence-corrected chi connectivity index (χ0v) is 11.4. The molecule has 0 aliphatic rings. The van der Waals surface area contributed by atoms with Crippen molar-refractivity contribution in [2.45, 2.75) is 13.3 Å². The van der Waals surface area contributed by atoms with Crippen molar-refractivity contribution < 1.29 is 29.3 Å². The van der Waals surface area contributed by atoms with E-state index >= 15 is 0 Å². The fourth-order valence-electron chi connectivity index (χ4n) is 1.50. The van der Waals surface area contributed by atoms with Gasteiger partial charge in [0.2, 0.25) is 0 Å². The molecule has 0 saturated heterocycles. The van der Waals surface area contributed by atoms with Crippen molar-refractivity contribution in [2.24, 2.45) is 0 Å². The number of hydrogen-bond acceptors (Lipinski definition) is 5. The number of nitrogens with one attached hydrogen (secondary N) is 2. The number of rotatable bonds is 6. The highest BCUT2D eigenvalue weighted by Gasteiger charge is 2.13. The zero-order chi connectivity index (χ0) is 15.8. The smallest absolute Gasteiger partial charge is 0.337 e. The average Bonchev–Trinajstić information content (AvgIpc) is 2.41. The van der Waals surface area contributed by atoms with Crippen LogP contribution >= 0.6 is 0 Å².